The van der Waals surface area contributed by atoms with Crippen molar-refractivity contribution in [1.29, 1.82) is 0 Å². The summed E-state index contributed by atoms with van der Waals surface area (Å²) in [6.07, 6.45) is 0.342. The zero-order valence-corrected chi connectivity index (χ0v) is 15.1. The van der Waals surface area contributed by atoms with Gasteiger partial charge in [0.15, 0.2) is 11.5 Å². The van der Waals surface area contributed by atoms with Crippen LogP contribution in [-0.2, 0) is 9.47 Å². The molecule has 0 fully saturated rings. The normalized spacial score (nSPS) is 25.6. The molecule has 6 nitrogen and oxygen atoms in total. The van der Waals surface area contributed by atoms with Crippen LogP contribution < -0.4 is 9.47 Å². The van der Waals surface area contributed by atoms with Crippen molar-refractivity contribution in [3.8, 4) is 11.5 Å². The Balaban J connectivity index is 2.06. The van der Waals surface area contributed by atoms with E-state index in [1.165, 1.54) is 0 Å². The Morgan fingerprint density at radius 2 is 1.28 bits per heavy atom. The molecule has 0 saturated carbocycles. The average molecular weight is 354 g/mol. The molecule has 25 heavy (non-hydrogen) atoms. The van der Waals surface area contributed by atoms with Gasteiger partial charge in [-0.2, -0.15) is 0 Å². The van der Waals surface area contributed by atoms with Gasteiger partial charge in [-0.15, -0.1) is 0 Å². The van der Waals surface area contributed by atoms with E-state index in [0.29, 0.717) is 24.7 Å². The van der Waals surface area contributed by atoms with Crippen molar-refractivity contribution in [2.75, 3.05) is 39.6 Å². The minimum atomic E-state index is -0.726. The average Bonchev–Trinajstić information content (AvgIpc) is 2.64. The van der Waals surface area contributed by atoms with Crippen LogP contribution in [0.5, 0.6) is 11.5 Å². The molecule has 1 aliphatic heterocycles. The summed E-state index contributed by atoms with van der Waals surface area (Å²) in [6, 6.07) is 7.19. The van der Waals surface area contributed by atoms with E-state index in [0.717, 1.165) is 12.8 Å². The van der Waals surface area contributed by atoms with Crippen LogP contribution in [0.15, 0.2) is 24.3 Å². The lowest BCUT2D eigenvalue weighted by molar-refractivity contribution is -0.0684. The molecule has 0 amide bonds. The molecular weight excluding hydrogens is 324 g/mol. The molecule has 1 aliphatic rings. The van der Waals surface area contributed by atoms with E-state index < -0.39 is 12.2 Å². The van der Waals surface area contributed by atoms with Gasteiger partial charge in [0.1, 0.15) is 25.4 Å². The molecule has 2 rings (SSSR count). The molecule has 0 aromatic heterocycles. The third-order valence-electron chi connectivity index (χ3n) is 4.65. The number of ether oxygens (including phenoxy) is 4. The fourth-order valence-corrected chi connectivity index (χ4v) is 2.68. The summed E-state index contributed by atoms with van der Waals surface area (Å²) < 4.78 is 22.8. The van der Waals surface area contributed by atoms with Crippen LogP contribution in [-0.4, -0.2) is 62.1 Å². The maximum Gasteiger partial charge on any atom is 0.161 e. The van der Waals surface area contributed by atoms with Gasteiger partial charge in [-0.05, 0) is 25.0 Å². The smallest absolute Gasteiger partial charge is 0.161 e. The van der Waals surface area contributed by atoms with Crippen LogP contribution in [0, 0.1) is 5.41 Å². The molecule has 2 unspecified atom stereocenters. The zero-order valence-electron chi connectivity index (χ0n) is 15.1. The highest BCUT2D eigenvalue weighted by molar-refractivity contribution is 5.39. The Morgan fingerprint density at radius 1 is 0.840 bits per heavy atom. The number of rotatable bonds is 2. The summed E-state index contributed by atoms with van der Waals surface area (Å²) in [7, 11) is 0. The molecule has 0 aliphatic carbocycles. The SMILES string of the molecule is CCC1(CC)COCC(O)COc2ccccc2OCC(O)COC1. The van der Waals surface area contributed by atoms with Gasteiger partial charge in [-0.1, -0.05) is 26.0 Å². The highest BCUT2D eigenvalue weighted by Crippen LogP contribution is 2.29. The molecule has 1 aromatic carbocycles. The first-order valence-corrected chi connectivity index (χ1v) is 8.95. The maximum atomic E-state index is 10.1. The van der Waals surface area contributed by atoms with Crippen LogP contribution in [0.1, 0.15) is 26.7 Å². The summed E-state index contributed by atoms with van der Waals surface area (Å²) >= 11 is 0. The number of fused-ring (bicyclic) bond motifs is 1. The van der Waals surface area contributed by atoms with Gasteiger partial charge in [-0.3, -0.25) is 0 Å². The second-order valence-electron chi connectivity index (χ2n) is 6.61. The summed E-state index contributed by atoms with van der Waals surface area (Å²) in [5.41, 5.74) is -0.121. The minimum absolute atomic E-state index is 0.116. The molecular formula is C19H30O6. The van der Waals surface area contributed by atoms with E-state index in [2.05, 4.69) is 13.8 Å². The molecule has 1 heterocycles. The third-order valence-corrected chi connectivity index (χ3v) is 4.65. The summed E-state index contributed by atoms with van der Waals surface area (Å²) in [4.78, 5) is 0. The third kappa shape index (κ3) is 6.15. The van der Waals surface area contributed by atoms with Crippen molar-refractivity contribution < 1.29 is 29.2 Å². The summed E-state index contributed by atoms with van der Waals surface area (Å²) in [6.45, 7) is 5.83. The number of benzene rings is 1. The Hall–Kier alpha value is -1.34. The Kier molecular flexibility index (Phi) is 7.96. The van der Waals surface area contributed by atoms with Gasteiger partial charge < -0.3 is 29.2 Å². The van der Waals surface area contributed by atoms with Gasteiger partial charge in [0, 0.05) is 5.41 Å². The molecule has 2 N–H and O–H groups in total. The molecule has 142 valence electrons. The number of hydrogen-bond acceptors (Lipinski definition) is 6. The van der Waals surface area contributed by atoms with Crippen molar-refractivity contribution in [1.82, 2.24) is 0 Å². The Bertz CT molecular complexity index is 461. The Labute approximate surface area is 149 Å². The predicted octanol–water partition coefficient (Wildman–Crippen LogP) is 2.02. The van der Waals surface area contributed by atoms with Crippen molar-refractivity contribution >= 4 is 0 Å². The topological polar surface area (TPSA) is 77.4 Å². The second-order valence-corrected chi connectivity index (χ2v) is 6.61. The molecule has 0 bridgehead atoms. The predicted molar refractivity (Wildman–Crippen MR) is 94.1 cm³/mol. The van der Waals surface area contributed by atoms with E-state index in [1.807, 2.05) is 12.1 Å². The van der Waals surface area contributed by atoms with Crippen LogP contribution in [0.3, 0.4) is 0 Å². The largest absolute Gasteiger partial charge is 0.487 e. The quantitative estimate of drug-likeness (QED) is 0.846. The van der Waals surface area contributed by atoms with Gasteiger partial charge in [0.05, 0.1) is 26.4 Å². The van der Waals surface area contributed by atoms with Crippen LogP contribution in [0.2, 0.25) is 0 Å². The van der Waals surface area contributed by atoms with E-state index >= 15 is 0 Å². The van der Waals surface area contributed by atoms with E-state index in [9.17, 15) is 10.2 Å². The first kappa shape index (κ1) is 20.0. The van der Waals surface area contributed by atoms with Gasteiger partial charge in [0.25, 0.3) is 0 Å². The molecule has 0 saturated heterocycles. The lowest BCUT2D eigenvalue weighted by atomic mass is 9.84. The monoisotopic (exact) mass is 354 g/mol. The van der Waals surface area contributed by atoms with E-state index in [-0.39, 0.29) is 31.8 Å². The highest BCUT2D eigenvalue weighted by atomic mass is 16.5. The second kappa shape index (κ2) is 9.97. The number of hydrogen-bond donors (Lipinski definition) is 2. The lowest BCUT2D eigenvalue weighted by Crippen LogP contribution is -2.35. The minimum Gasteiger partial charge on any atom is -0.487 e. The fraction of sp³-hybridized carbons (Fsp3) is 0.684. The van der Waals surface area contributed by atoms with Crippen molar-refractivity contribution in [3.05, 3.63) is 24.3 Å². The number of aliphatic hydroxyl groups excluding tert-OH is 2. The van der Waals surface area contributed by atoms with Crippen molar-refractivity contribution in [2.24, 2.45) is 5.41 Å². The van der Waals surface area contributed by atoms with Crippen molar-refractivity contribution in [3.63, 3.8) is 0 Å². The first-order valence-electron chi connectivity index (χ1n) is 8.95. The zero-order chi connectivity index (χ0) is 18.1. The highest BCUT2D eigenvalue weighted by Gasteiger charge is 2.28. The van der Waals surface area contributed by atoms with Crippen LogP contribution in [0.4, 0.5) is 0 Å². The van der Waals surface area contributed by atoms with Gasteiger partial charge in [0.2, 0.25) is 0 Å². The summed E-state index contributed by atoms with van der Waals surface area (Å²) in [5.74, 6) is 1.06. The standard InChI is InChI=1S/C19H30O6/c1-3-19(4-2)13-22-9-15(20)11-24-17-7-5-6-8-18(17)25-12-16(21)10-23-14-19/h5-8,15-16,20-21H,3-4,9-14H2,1-2H3. The van der Waals surface area contributed by atoms with Crippen LogP contribution >= 0.6 is 0 Å². The summed E-state index contributed by atoms with van der Waals surface area (Å²) in [5, 5.41) is 20.2. The first-order chi connectivity index (χ1) is 12.1. The molecule has 0 radical (unpaired) electrons. The van der Waals surface area contributed by atoms with Gasteiger partial charge in [-0.25, -0.2) is 0 Å². The molecule has 2 atom stereocenters. The lowest BCUT2D eigenvalue weighted by Gasteiger charge is -2.31. The van der Waals surface area contributed by atoms with E-state index in [4.69, 9.17) is 18.9 Å². The van der Waals surface area contributed by atoms with Crippen LogP contribution in [0.25, 0.3) is 0 Å². The van der Waals surface area contributed by atoms with E-state index in [1.54, 1.807) is 12.1 Å². The van der Waals surface area contributed by atoms with Gasteiger partial charge >= 0.3 is 0 Å². The molecule has 0 spiro atoms. The fourth-order valence-electron chi connectivity index (χ4n) is 2.68. The van der Waals surface area contributed by atoms with Crippen molar-refractivity contribution in [2.45, 2.75) is 38.9 Å². The Morgan fingerprint density at radius 3 is 1.68 bits per heavy atom. The molecule has 1 aromatic rings. The number of para-hydroxylation sites is 2. The maximum absolute atomic E-state index is 10.1. The molecule has 6 heteroatoms. The number of aliphatic hydroxyl groups is 2.